The third kappa shape index (κ3) is 5.70. The summed E-state index contributed by atoms with van der Waals surface area (Å²) in [4.78, 5) is 0. The highest BCUT2D eigenvalue weighted by Crippen LogP contribution is 1.94. The van der Waals surface area contributed by atoms with E-state index < -0.39 is 0 Å². The zero-order valence-corrected chi connectivity index (χ0v) is 5.39. The Morgan fingerprint density at radius 2 is 2.25 bits per heavy atom. The normalized spacial score (nSPS) is 9.12. The van der Waals surface area contributed by atoms with Gasteiger partial charge in [0.2, 0.25) is 0 Å². The smallest absolute Gasteiger partial charge is 0.0462 e. The van der Waals surface area contributed by atoms with Crippen molar-refractivity contribution >= 4 is 0 Å². The Labute approximate surface area is 51.4 Å². The maximum Gasteiger partial charge on any atom is 0.0462 e. The molecule has 0 N–H and O–H groups in total. The van der Waals surface area contributed by atoms with E-state index in [0.717, 1.165) is 25.9 Å². The van der Waals surface area contributed by atoms with Gasteiger partial charge in [-0.3, -0.25) is 0 Å². The van der Waals surface area contributed by atoms with Crippen LogP contribution in [0, 0.1) is 6.58 Å². The molecular weight excluding hydrogens is 100 g/mol. The minimum absolute atomic E-state index is 0.855. The molecule has 1 nitrogen and oxygen atoms in total. The Kier molecular flexibility index (Phi) is 6.45. The molecule has 0 rings (SSSR count). The van der Waals surface area contributed by atoms with E-state index in [0.29, 0.717) is 0 Å². The predicted octanol–water partition coefficient (Wildman–Crippen LogP) is 1.79. The van der Waals surface area contributed by atoms with Gasteiger partial charge in [-0.15, -0.1) is 0 Å². The van der Waals surface area contributed by atoms with Crippen molar-refractivity contribution in [3.63, 3.8) is 0 Å². The molecule has 0 aromatic rings. The number of ether oxygens (including phenoxy) is 1. The first-order valence-electron chi connectivity index (χ1n) is 2.94. The Morgan fingerprint density at radius 3 is 2.75 bits per heavy atom. The largest absolute Gasteiger partial charge is 0.385 e. The second-order valence-corrected chi connectivity index (χ2v) is 1.72. The average Bonchev–Trinajstić information content (AvgIpc) is 1.81. The summed E-state index contributed by atoms with van der Waals surface area (Å²) in [5.41, 5.74) is 0. The molecule has 0 aromatic heterocycles. The summed E-state index contributed by atoms with van der Waals surface area (Å²) in [6.45, 7) is 6.00. The molecule has 0 bridgehead atoms. The summed E-state index contributed by atoms with van der Waals surface area (Å²) < 4.78 is 4.83. The molecule has 47 valence electrons. The summed E-state index contributed by atoms with van der Waals surface area (Å²) in [5, 5.41) is 0. The molecule has 1 radical (unpaired) electrons. The Bertz CT molecular complexity index is 50.3. The standard InChI is InChI=1S/C7H13O/c1-3-4-5-6-7-8-2/h1,3H,4-7H2,2H3. The van der Waals surface area contributed by atoms with Gasteiger partial charge in [-0.1, -0.05) is 12.7 Å². The molecule has 0 aliphatic heterocycles. The summed E-state index contributed by atoms with van der Waals surface area (Å²) in [6, 6.07) is 0. The average molecular weight is 113 g/mol. The highest BCUT2D eigenvalue weighted by Gasteiger charge is 1.81. The highest BCUT2D eigenvalue weighted by molar-refractivity contribution is 4.60. The molecule has 0 heterocycles. The maximum atomic E-state index is 5.14. The maximum absolute atomic E-state index is 5.14. The number of unbranched alkanes of at least 4 members (excludes halogenated alkanes) is 2. The van der Waals surface area contributed by atoms with Crippen molar-refractivity contribution in [1.29, 1.82) is 0 Å². The molecule has 1 heteroatoms. The number of hydrogen-bond donors (Lipinski definition) is 0. The molecule has 0 spiro atoms. The molecule has 0 fully saturated rings. The van der Waals surface area contributed by atoms with Crippen LogP contribution in [0.5, 0.6) is 0 Å². The van der Waals surface area contributed by atoms with Crippen LogP contribution in [0.2, 0.25) is 0 Å². The summed E-state index contributed by atoms with van der Waals surface area (Å²) >= 11 is 0. The van der Waals surface area contributed by atoms with E-state index in [4.69, 9.17) is 11.3 Å². The first-order chi connectivity index (χ1) is 3.91. The molecule has 0 amide bonds. The quantitative estimate of drug-likeness (QED) is 0.494. The van der Waals surface area contributed by atoms with Gasteiger partial charge < -0.3 is 4.74 Å². The highest BCUT2D eigenvalue weighted by atomic mass is 16.5. The first-order valence-corrected chi connectivity index (χ1v) is 2.94. The van der Waals surface area contributed by atoms with Crippen LogP contribution in [0.1, 0.15) is 19.3 Å². The Morgan fingerprint density at radius 1 is 1.50 bits per heavy atom. The van der Waals surface area contributed by atoms with Crippen molar-refractivity contribution in [2.45, 2.75) is 19.3 Å². The topological polar surface area (TPSA) is 9.23 Å². The fourth-order valence-electron chi connectivity index (χ4n) is 0.509. The van der Waals surface area contributed by atoms with Gasteiger partial charge in [0.05, 0.1) is 0 Å². The lowest BCUT2D eigenvalue weighted by molar-refractivity contribution is 0.193. The molecule has 0 unspecified atom stereocenters. The molecule has 0 saturated heterocycles. The van der Waals surface area contributed by atoms with Crippen LogP contribution in [0.3, 0.4) is 0 Å². The fraction of sp³-hybridized carbons (Fsp3) is 0.714. The fourth-order valence-corrected chi connectivity index (χ4v) is 0.509. The van der Waals surface area contributed by atoms with Gasteiger partial charge in [0, 0.05) is 13.7 Å². The van der Waals surface area contributed by atoms with Crippen LogP contribution >= 0.6 is 0 Å². The number of rotatable bonds is 5. The number of hydrogen-bond acceptors (Lipinski definition) is 1. The SMILES string of the molecule is [CH]=CCCCCOC. The molecule has 0 aromatic carbocycles. The van der Waals surface area contributed by atoms with Gasteiger partial charge >= 0.3 is 0 Å². The minimum Gasteiger partial charge on any atom is -0.385 e. The lowest BCUT2D eigenvalue weighted by Gasteiger charge is -1.93. The Balaban J connectivity index is 2.62. The third-order valence-electron chi connectivity index (χ3n) is 0.969. The monoisotopic (exact) mass is 113 g/mol. The van der Waals surface area contributed by atoms with E-state index in [1.807, 2.05) is 0 Å². The van der Waals surface area contributed by atoms with E-state index in [1.165, 1.54) is 0 Å². The number of allylic oxidation sites excluding steroid dienone is 1. The summed E-state index contributed by atoms with van der Waals surface area (Å²) in [7, 11) is 1.71. The van der Waals surface area contributed by atoms with Gasteiger partial charge in [0.1, 0.15) is 0 Å². The summed E-state index contributed by atoms with van der Waals surface area (Å²) in [6.07, 6.45) is 4.95. The van der Waals surface area contributed by atoms with Crippen molar-refractivity contribution in [3.05, 3.63) is 12.7 Å². The molecule has 8 heavy (non-hydrogen) atoms. The van der Waals surface area contributed by atoms with Crippen LogP contribution in [-0.4, -0.2) is 13.7 Å². The molecule has 0 saturated carbocycles. The van der Waals surface area contributed by atoms with Gasteiger partial charge in [0.15, 0.2) is 0 Å². The zero-order valence-electron chi connectivity index (χ0n) is 5.39. The van der Waals surface area contributed by atoms with Crippen LogP contribution in [0.4, 0.5) is 0 Å². The third-order valence-corrected chi connectivity index (χ3v) is 0.969. The lowest BCUT2D eigenvalue weighted by Crippen LogP contribution is -1.86. The van der Waals surface area contributed by atoms with Gasteiger partial charge in [-0.2, -0.15) is 0 Å². The van der Waals surface area contributed by atoms with E-state index >= 15 is 0 Å². The first kappa shape index (κ1) is 7.70. The van der Waals surface area contributed by atoms with E-state index in [2.05, 4.69) is 0 Å². The van der Waals surface area contributed by atoms with Crippen molar-refractivity contribution in [2.24, 2.45) is 0 Å². The van der Waals surface area contributed by atoms with Crippen LogP contribution in [0.25, 0.3) is 0 Å². The van der Waals surface area contributed by atoms with E-state index in [9.17, 15) is 0 Å². The predicted molar refractivity (Wildman–Crippen MR) is 34.6 cm³/mol. The molecule has 0 aliphatic carbocycles. The lowest BCUT2D eigenvalue weighted by atomic mass is 10.2. The second kappa shape index (κ2) is 6.70. The van der Waals surface area contributed by atoms with Crippen molar-refractivity contribution in [2.75, 3.05) is 13.7 Å². The number of methoxy groups -OCH3 is 1. The van der Waals surface area contributed by atoms with Gasteiger partial charge in [0.25, 0.3) is 0 Å². The Hall–Kier alpha value is -0.300. The summed E-state index contributed by atoms with van der Waals surface area (Å²) in [5.74, 6) is 0. The second-order valence-electron chi connectivity index (χ2n) is 1.72. The van der Waals surface area contributed by atoms with Gasteiger partial charge in [-0.25, -0.2) is 0 Å². The zero-order chi connectivity index (χ0) is 6.24. The minimum atomic E-state index is 0.855. The van der Waals surface area contributed by atoms with Crippen molar-refractivity contribution < 1.29 is 4.74 Å². The van der Waals surface area contributed by atoms with Crippen LogP contribution in [0.15, 0.2) is 6.08 Å². The van der Waals surface area contributed by atoms with E-state index in [-0.39, 0.29) is 0 Å². The van der Waals surface area contributed by atoms with Crippen molar-refractivity contribution in [1.82, 2.24) is 0 Å². The van der Waals surface area contributed by atoms with Crippen LogP contribution in [-0.2, 0) is 4.74 Å². The van der Waals surface area contributed by atoms with Crippen LogP contribution < -0.4 is 0 Å². The molecule has 0 aliphatic rings. The van der Waals surface area contributed by atoms with E-state index in [1.54, 1.807) is 13.2 Å². The molecular formula is C7H13O. The van der Waals surface area contributed by atoms with Gasteiger partial charge in [-0.05, 0) is 19.3 Å². The van der Waals surface area contributed by atoms with Crippen molar-refractivity contribution in [3.8, 4) is 0 Å². The molecule has 0 atom stereocenters.